The number of nitrogens with one attached hydrogen (secondary N) is 1. The highest BCUT2D eigenvalue weighted by molar-refractivity contribution is 7.89. The molecule has 0 saturated carbocycles. The summed E-state index contributed by atoms with van der Waals surface area (Å²) in [5.41, 5.74) is 0.970. The fourth-order valence-corrected chi connectivity index (χ4v) is 2.89. The lowest BCUT2D eigenvalue weighted by molar-refractivity contribution is -0.119. The largest absolute Gasteiger partial charge is 0.298 e. The molecule has 0 aliphatic rings. The van der Waals surface area contributed by atoms with E-state index in [4.69, 9.17) is 0 Å². The van der Waals surface area contributed by atoms with Crippen LogP contribution >= 0.6 is 0 Å². The Hall–Kier alpha value is -1.20. The number of hydrogen-bond donors (Lipinski definition) is 1. The van der Waals surface area contributed by atoms with Gasteiger partial charge in [0.05, 0.1) is 11.8 Å². The van der Waals surface area contributed by atoms with Gasteiger partial charge in [0.25, 0.3) is 0 Å². The zero-order valence-electron chi connectivity index (χ0n) is 10.7. The summed E-state index contributed by atoms with van der Waals surface area (Å²) in [6.07, 6.45) is 0.783. The molecule has 0 amide bonds. The van der Waals surface area contributed by atoms with Gasteiger partial charge in [-0.2, -0.15) is 0 Å². The van der Waals surface area contributed by atoms with E-state index in [2.05, 4.69) is 4.72 Å². The molecule has 1 unspecified atom stereocenters. The summed E-state index contributed by atoms with van der Waals surface area (Å²) in [5.74, 6) is -0.100. The number of rotatable bonds is 7. The number of ketones is 1. The number of Topliss-reactive ketones (excluding diaryl/α,β-unsaturated/α-hetero) is 1. The first-order valence-electron chi connectivity index (χ1n) is 6.01. The van der Waals surface area contributed by atoms with Crippen molar-refractivity contribution in [2.24, 2.45) is 0 Å². The van der Waals surface area contributed by atoms with Gasteiger partial charge in [0.2, 0.25) is 10.0 Å². The van der Waals surface area contributed by atoms with Gasteiger partial charge in [-0.05, 0) is 18.9 Å². The molecule has 0 saturated heterocycles. The number of sulfonamides is 1. The van der Waals surface area contributed by atoms with Crippen LogP contribution in [0.3, 0.4) is 0 Å². The van der Waals surface area contributed by atoms with Crippen LogP contribution in [-0.4, -0.2) is 26.0 Å². The van der Waals surface area contributed by atoms with Crippen LogP contribution in [0.5, 0.6) is 0 Å². The summed E-state index contributed by atoms with van der Waals surface area (Å²) in [4.78, 5) is 11.3. The first-order chi connectivity index (χ1) is 8.44. The third kappa shape index (κ3) is 4.98. The predicted molar refractivity (Wildman–Crippen MR) is 71.8 cm³/mol. The summed E-state index contributed by atoms with van der Waals surface area (Å²) in [7, 11) is -3.40. The van der Waals surface area contributed by atoms with Crippen LogP contribution in [0.1, 0.15) is 25.8 Å². The van der Waals surface area contributed by atoms with Gasteiger partial charge in [-0.3, -0.25) is 4.79 Å². The van der Waals surface area contributed by atoms with Gasteiger partial charge in [-0.1, -0.05) is 37.3 Å². The second-order valence-corrected chi connectivity index (χ2v) is 6.09. The molecule has 18 heavy (non-hydrogen) atoms. The molecule has 1 aromatic carbocycles. The van der Waals surface area contributed by atoms with Crippen LogP contribution in [0.15, 0.2) is 30.3 Å². The Balaban J connectivity index is 2.53. The quantitative estimate of drug-likeness (QED) is 0.816. The molecule has 0 aliphatic carbocycles. The molecule has 0 spiro atoms. The molecule has 0 fully saturated rings. The monoisotopic (exact) mass is 269 g/mol. The molecule has 1 N–H and O–H groups in total. The molecule has 5 heteroatoms. The SMILES string of the molecule is CCC(=O)C(C)NS(=O)(=O)CCc1ccccc1. The number of hydrogen-bond acceptors (Lipinski definition) is 3. The van der Waals surface area contributed by atoms with Crippen LogP contribution in [0, 0.1) is 0 Å². The van der Waals surface area contributed by atoms with Crippen molar-refractivity contribution in [2.75, 3.05) is 5.75 Å². The molecule has 100 valence electrons. The van der Waals surface area contributed by atoms with E-state index in [-0.39, 0.29) is 11.5 Å². The number of carbonyl (C=O) groups is 1. The van der Waals surface area contributed by atoms with Crippen molar-refractivity contribution in [3.63, 3.8) is 0 Å². The lowest BCUT2D eigenvalue weighted by Gasteiger charge is -2.12. The van der Waals surface area contributed by atoms with Gasteiger partial charge in [-0.25, -0.2) is 13.1 Å². The second-order valence-electron chi connectivity index (χ2n) is 4.21. The summed E-state index contributed by atoms with van der Waals surface area (Å²) in [6.45, 7) is 3.29. The molecule has 4 nitrogen and oxygen atoms in total. The molecule has 0 heterocycles. The number of aryl methyl sites for hydroxylation is 1. The highest BCUT2D eigenvalue weighted by atomic mass is 32.2. The Labute approximate surface area is 108 Å². The summed E-state index contributed by atoms with van der Waals surface area (Å²) < 4.78 is 25.9. The van der Waals surface area contributed by atoms with E-state index in [9.17, 15) is 13.2 Å². The standard InChI is InChI=1S/C13H19NO3S/c1-3-13(15)11(2)14-18(16,17)10-9-12-7-5-4-6-8-12/h4-8,11,14H,3,9-10H2,1-2H3. The van der Waals surface area contributed by atoms with Crippen molar-refractivity contribution in [1.82, 2.24) is 4.72 Å². The lowest BCUT2D eigenvalue weighted by atomic mass is 10.2. The maximum Gasteiger partial charge on any atom is 0.212 e. The summed E-state index contributed by atoms with van der Waals surface area (Å²) in [6, 6.07) is 8.76. The van der Waals surface area contributed by atoms with Gasteiger partial charge in [-0.15, -0.1) is 0 Å². The molecule has 1 rings (SSSR count). The third-order valence-electron chi connectivity index (χ3n) is 2.69. The van der Waals surface area contributed by atoms with Crippen molar-refractivity contribution < 1.29 is 13.2 Å². The third-order valence-corrected chi connectivity index (χ3v) is 4.14. The van der Waals surface area contributed by atoms with Gasteiger partial charge in [0.1, 0.15) is 5.78 Å². The fourth-order valence-electron chi connectivity index (χ4n) is 1.60. The Kier molecular flexibility index (Phi) is 5.50. The van der Waals surface area contributed by atoms with E-state index in [0.29, 0.717) is 12.8 Å². The van der Waals surface area contributed by atoms with Crippen molar-refractivity contribution in [2.45, 2.75) is 32.7 Å². The van der Waals surface area contributed by atoms with E-state index in [1.807, 2.05) is 30.3 Å². The lowest BCUT2D eigenvalue weighted by Crippen LogP contribution is -2.39. The molecular formula is C13H19NO3S. The minimum Gasteiger partial charge on any atom is -0.298 e. The van der Waals surface area contributed by atoms with Crippen LogP contribution in [0.25, 0.3) is 0 Å². The van der Waals surface area contributed by atoms with E-state index in [1.54, 1.807) is 13.8 Å². The Morgan fingerprint density at radius 2 is 1.89 bits per heavy atom. The summed E-state index contributed by atoms with van der Waals surface area (Å²) in [5, 5.41) is 0. The molecule has 0 bridgehead atoms. The topological polar surface area (TPSA) is 63.2 Å². The molecule has 0 radical (unpaired) electrons. The average molecular weight is 269 g/mol. The summed E-state index contributed by atoms with van der Waals surface area (Å²) >= 11 is 0. The van der Waals surface area contributed by atoms with Crippen LogP contribution in [0.4, 0.5) is 0 Å². The minimum atomic E-state index is -3.40. The van der Waals surface area contributed by atoms with Crippen molar-refractivity contribution >= 4 is 15.8 Å². The Morgan fingerprint density at radius 3 is 2.44 bits per heavy atom. The predicted octanol–water partition coefficient (Wildman–Crippen LogP) is 1.52. The van der Waals surface area contributed by atoms with E-state index >= 15 is 0 Å². The fraction of sp³-hybridized carbons (Fsp3) is 0.462. The van der Waals surface area contributed by atoms with Crippen molar-refractivity contribution in [1.29, 1.82) is 0 Å². The second kappa shape index (κ2) is 6.66. The van der Waals surface area contributed by atoms with Gasteiger partial charge in [0.15, 0.2) is 0 Å². The molecule has 1 atom stereocenters. The zero-order valence-corrected chi connectivity index (χ0v) is 11.5. The maximum absolute atomic E-state index is 11.8. The van der Waals surface area contributed by atoms with Crippen LogP contribution in [-0.2, 0) is 21.2 Å². The number of carbonyl (C=O) groups excluding carboxylic acids is 1. The molecule has 0 aliphatic heterocycles. The minimum absolute atomic E-state index is 0.00164. The average Bonchev–Trinajstić information content (AvgIpc) is 2.36. The smallest absolute Gasteiger partial charge is 0.212 e. The van der Waals surface area contributed by atoms with Gasteiger partial charge < -0.3 is 0 Å². The maximum atomic E-state index is 11.8. The molecule has 1 aromatic rings. The Bertz CT molecular complexity index is 482. The van der Waals surface area contributed by atoms with Crippen molar-refractivity contribution in [3.05, 3.63) is 35.9 Å². The number of benzene rings is 1. The van der Waals surface area contributed by atoms with E-state index in [0.717, 1.165) is 5.56 Å². The van der Waals surface area contributed by atoms with Crippen LogP contribution < -0.4 is 4.72 Å². The highest BCUT2D eigenvalue weighted by Gasteiger charge is 2.18. The normalized spacial score (nSPS) is 13.2. The first-order valence-corrected chi connectivity index (χ1v) is 7.66. The van der Waals surface area contributed by atoms with Gasteiger partial charge >= 0.3 is 0 Å². The highest BCUT2D eigenvalue weighted by Crippen LogP contribution is 2.02. The Morgan fingerprint density at radius 1 is 1.28 bits per heavy atom. The van der Waals surface area contributed by atoms with Gasteiger partial charge in [0, 0.05) is 6.42 Å². The van der Waals surface area contributed by atoms with Crippen molar-refractivity contribution in [3.8, 4) is 0 Å². The first kappa shape index (κ1) is 14.9. The van der Waals surface area contributed by atoms with E-state index < -0.39 is 16.1 Å². The molecule has 0 aromatic heterocycles. The van der Waals surface area contributed by atoms with Crippen LogP contribution in [0.2, 0.25) is 0 Å². The zero-order chi connectivity index (χ0) is 13.6. The molecular weight excluding hydrogens is 250 g/mol. The van der Waals surface area contributed by atoms with E-state index in [1.165, 1.54) is 0 Å².